The highest BCUT2D eigenvalue weighted by molar-refractivity contribution is 6.42. The van der Waals surface area contributed by atoms with Crippen molar-refractivity contribution in [1.82, 2.24) is 40.4 Å². The molecule has 2 aromatic carbocycles. The topological polar surface area (TPSA) is 157 Å². The molecule has 3 aliphatic rings. The number of benzene rings is 2. The normalized spacial score (nSPS) is 21.5. The number of urea groups is 1. The smallest absolute Gasteiger partial charge is 0.326 e. The number of rotatable bonds is 10. The maximum atomic E-state index is 14.2. The SMILES string of the molecule is COc1ccc(-c2cn[nH]n2)cc1C(=O)N1CCC(CCN2CCC(NC(=O)N3CCCC3C(=O)O)(c3cccnc3)CC2)(c2ccc(Cl)c(Cl)c2)C1. The molecule has 4 aromatic rings. The molecule has 2 aromatic heterocycles. The van der Waals surface area contributed by atoms with Gasteiger partial charge in [-0.3, -0.25) is 9.78 Å². The van der Waals surface area contributed by atoms with Gasteiger partial charge in [-0.25, -0.2) is 9.59 Å². The van der Waals surface area contributed by atoms with Crippen LogP contribution in [-0.4, -0.2) is 111 Å². The molecule has 0 radical (unpaired) electrons. The number of halogens is 2. The zero-order chi connectivity index (χ0) is 37.2. The van der Waals surface area contributed by atoms with Gasteiger partial charge >= 0.3 is 12.0 Å². The van der Waals surface area contributed by atoms with Crippen LogP contribution in [0.15, 0.2) is 67.1 Å². The number of aliphatic carboxylic acids is 1. The van der Waals surface area contributed by atoms with E-state index in [1.165, 1.54) is 4.90 Å². The first-order valence-electron chi connectivity index (χ1n) is 17.8. The predicted molar refractivity (Wildman–Crippen MR) is 199 cm³/mol. The van der Waals surface area contributed by atoms with Crippen LogP contribution in [0.1, 0.15) is 60.0 Å². The summed E-state index contributed by atoms with van der Waals surface area (Å²) in [4.78, 5) is 49.8. The van der Waals surface area contributed by atoms with Gasteiger partial charge in [0.1, 0.15) is 17.5 Å². The van der Waals surface area contributed by atoms with E-state index in [2.05, 4.69) is 30.6 Å². The highest BCUT2D eigenvalue weighted by atomic mass is 35.5. The number of amides is 3. The summed E-state index contributed by atoms with van der Waals surface area (Å²) >= 11 is 12.9. The minimum atomic E-state index is -0.981. The molecule has 3 fully saturated rings. The van der Waals surface area contributed by atoms with E-state index in [0.717, 1.165) is 36.1 Å². The second-order valence-corrected chi connectivity index (χ2v) is 15.0. The maximum Gasteiger partial charge on any atom is 0.326 e. The van der Waals surface area contributed by atoms with Crippen LogP contribution in [0.4, 0.5) is 4.79 Å². The van der Waals surface area contributed by atoms with Crippen LogP contribution >= 0.6 is 23.2 Å². The Labute approximate surface area is 317 Å². The highest BCUT2D eigenvalue weighted by Crippen LogP contribution is 2.42. The van der Waals surface area contributed by atoms with Crippen molar-refractivity contribution in [3.05, 3.63) is 93.9 Å². The van der Waals surface area contributed by atoms with Crippen LogP contribution in [0, 0.1) is 0 Å². The van der Waals surface area contributed by atoms with Gasteiger partial charge in [-0.2, -0.15) is 15.4 Å². The molecule has 0 saturated carbocycles. The van der Waals surface area contributed by atoms with Gasteiger partial charge in [0.15, 0.2) is 0 Å². The molecule has 2 unspecified atom stereocenters. The number of carbonyl (C=O) groups is 3. The number of nitrogens with zero attached hydrogens (tertiary/aromatic N) is 6. The molecule has 15 heteroatoms. The lowest BCUT2D eigenvalue weighted by molar-refractivity contribution is -0.141. The third kappa shape index (κ3) is 7.42. The van der Waals surface area contributed by atoms with E-state index in [9.17, 15) is 19.5 Å². The molecule has 5 heterocycles. The van der Waals surface area contributed by atoms with E-state index in [-0.39, 0.29) is 11.9 Å². The van der Waals surface area contributed by atoms with Crippen molar-refractivity contribution < 1.29 is 24.2 Å². The molecule has 0 aliphatic carbocycles. The number of aromatic nitrogens is 4. The number of nitrogens with one attached hydrogen (secondary N) is 2. The number of carboxylic acid groups (broad SMARTS) is 1. The fourth-order valence-corrected chi connectivity index (χ4v) is 8.50. The number of aromatic amines is 1. The monoisotopic (exact) mass is 760 g/mol. The molecule has 53 heavy (non-hydrogen) atoms. The quantitative estimate of drug-likeness (QED) is 0.187. The molecule has 3 aliphatic heterocycles. The Hall–Kier alpha value is -4.72. The van der Waals surface area contributed by atoms with Crippen LogP contribution in [0.3, 0.4) is 0 Å². The summed E-state index contributed by atoms with van der Waals surface area (Å²) < 4.78 is 5.62. The standard InChI is InChI=1S/C38H42Cl2N8O5/c1-53-33-9-6-25(31-23-42-45-44-31)20-28(33)34(49)47-19-11-37(24-47,26-7-8-29(39)30(40)21-26)10-16-46-17-12-38(13-18-46,27-4-2-14-41-22-27)43-36(52)48-15-3-5-32(48)35(50)51/h2,4,6-9,14,20-23,32H,3,5,10-13,15-19,24H2,1H3,(H,43,52)(H,50,51)(H,42,44,45). The van der Waals surface area contributed by atoms with Crippen LogP contribution in [-0.2, 0) is 15.7 Å². The van der Waals surface area contributed by atoms with Crippen molar-refractivity contribution in [1.29, 1.82) is 0 Å². The van der Waals surface area contributed by atoms with E-state index in [0.29, 0.717) is 85.5 Å². The van der Waals surface area contributed by atoms with Gasteiger partial charge in [0.05, 0.1) is 34.5 Å². The second kappa shape index (κ2) is 15.3. The molecule has 278 valence electrons. The number of carboxylic acids is 1. The number of H-pyrrole nitrogens is 1. The van der Waals surface area contributed by atoms with E-state index >= 15 is 0 Å². The lowest BCUT2D eigenvalue weighted by atomic mass is 9.76. The van der Waals surface area contributed by atoms with Gasteiger partial charge < -0.3 is 29.9 Å². The molecular formula is C38H42Cl2N8O5. The minimum Gasteiger partial charge on any atom is -0.496 e. The fraction of sp³-hybridized carbons (Fsp3) is 0.421. The summed E-state index contributed by atoms with van der Waals surface area (Å²) in [5.74, 6) is -0.632. The Bertz CT molecular complexity index is 1960. The molecule has 0 bridgehead atoms. The molecule has 3 amide bonds. The van der Waals surface area contributed by atoms with Gasteiger partial charge in [-0.1, -0.05) is 35.3 Å². The average Bonchev–Trinajstić information content (AvgIpc) is 3.98. The molecule has 7 rings (SSSR count). The molecular weight excluding hydrogens is 719 g/mol. The largest absolute Gasteiger partial charge is 0.496 e. The van der Waals surface area contributed by atoms with E-state index in [4.69, 9.17) is 27.9 Å². The van der Waals surface area contributed by atoms with Gasteiger partial charge in [0.2, 0.25) is 0 Å². The average molecular weight is 762 g/mol. The van der Waals surface area contributed by atoms with E-state index < -0.39 is 23.0 Å². The van der Waals surface area contributed by atoms with Crippen molar-refractivity contribution in [2.24, 2.45) is 0 Å². The van der Waals surface area contributed by atoms with Gasteiger partial charge in [-0.15, -0.1) is 0 Å². The van der Waals surface area contributed by atoms with Crippen molar-refractivity contribution in [2.45, 2.75) is 55.5 Å². The number of likely N-dealkylation sites (tertiary alicyclic amines) is 3. The molecule has 0 spiro atoms. The van der Waals surface area contributed by atoms with Crippen molar-refractivity contribution in [3.8, 4) is 17.0 Å². The Morgan fingerprint density at radius 2 is 1.83 bits per heavy atom. The number of hydrogen-bond donors (Lipinski definition) is 3. The molecule has 13 nitrogen and oxygen atoms in total. The van der Waals surface area contributed by atoms with E-state index in [1.807, 2.05) is 41.3 Å². The van der Waals surface area contributed by atoms with E-state index in [1.54, 1.807) is 37.8 Å². The summed E-state index contributed by atoms with van der Waals surface area (Å²) in [7, 11) is 1.55. The number of methoxy groups -OCH3 is 1. The molecule has 3 saturated heterocycles. The first kappa shape index (κ1) is 36.6. The van der Waals surface area contributed by atoms with Crippen molar-refractivity contribution in [3.63, 3.8) is 0 Å². The number of pyridine rings is 1. The number of piperidine rings is 1. The molecule has 2 atom stereocenters. The summed E-state index contributed by atoms with van der Waals surface area (Å²) in [5.41, 5.74) is 2.68. The number of ether oxygens (including phenoxy) is 1. The van der Waals surface area contributed by atoms with Gasteiger partial charge in [-0.05, 0) is 92.6 Å². The third-order valence-electron chi connectivity index (χ3n) is 11.3. The van der Waals surface area contributed by atoms with Gasteiger partial charge in [0.25, 0.3) is 5.91 Å². The highest BCUT2D eigenvalue weighted by Gasteiger charge is 2.45. The fourth-order valence-electron chi connectivity index (χ4n) is 8.21. The number of carbonyl (C=O) groups excluding carboxylic acids is 2. The predicted octanol–water partition coefficient (Wildman–Crippen LogP) is 5.61. The maximum absolute atomic E-state index is 14.2. The zero-order valence-corrected chi connectivity index (χ0v) is 30.9. The molecule has 3 N–H and O–H groups in total. The lowest BCUT2D eigenvalue weighted by Crippen LogP contribution is -2.57. The minimum absolute atomic E-state index is 0.132. The first-order chi connectivity index (χ1) is 25.6. The lowest BCUT2D eigenvalue weighted by Gasteiger charge is -2.44. The third-order valence-corrected chi connectivity index (χ3v) is 12.0. The number of hydrogen-bond acceptors (Lipinski definition) is 8. The van der Waals surface area contributed by atoms with Crippen LogP contribution in [0.2, 0.25) is 10.0 Å². The van der Waals surface area contributed by atoms with Crippen LogP contribution in [0.5, 0.6) is 5.75 Å². The zero-order valence-electron chi connectivity index (χ0n) is 29.4. The van der Waals surface area contributed by atoms with Crippen LogP contribution < -0.4 is 10.1 Å². The van der Waals surface area contributed by atoms with Crippen molar-refractivity contribution in [2.75, 3.05) is 46.4 Å². The Morgan fingerprint density at radius 3 is 2.53 bits per heavy atom. The van der Waals surface area contributed by atoms with Crippen molar-refractivity contribution >= 4 is 41.1 Å². The Morgan fingerprint density at radius 1 is 1.00 bits per heavy atom. The van der Waals surface area contributed by atoms with Crippen LogP contribution in [0.25, 0.3) is 11.3 Å². The summed E-state index contributed by atoms with van der Waals surface area (Å²) in [6, 6.07) is 13.8. The summed E-state index contributed by atoms with van der Waals surface area (Å²) in [5, 5.41) is 24.6. The second-order valence-electron chi connectivity index (χ2n) is 14.2. The Kier molecular flexibility index (Phi) is 10.6. The Balaban J connectivity index is 1.09. The summed E-state index contributed by atoms with van der Waals surface area (Å²) in [6.07, 6.45) is 8.94. The van der Waals surface area contributed by atoms with Gasteiger partial charge in [0, 0.05) is 56.1 Å². The summed E-state index contributed by atoms with van der Waals surface area (Å²) in [6.45, 7) is 3.57. The first-order valence-corrected chi connectivity index (χ1v) is 18.6.